The molecule has 0 aliphatic rings. The van der Waals surface area contributed by atoms with Crippen LogP contribution >= 0.6 is 0 Å². The summed E-state index contributed by atoms with van der Waals surface area (Å²) >= 11 is 0. The average Bonchev–Trinajstić information content (AvgIpc) is 2.88. The topological polar surface area (TPSA) is 77.4 Å². The molecule has 0 radical (unpaired) electrons. The van der Waals surface area contributed by atoms with Gasteiger partial charge in [-0.25, -0.2) is 4.79 Å². The van der Waals surface area contributed by atoms with Crippen molar-refractivity contribution in [2.75, 3.05) is 13.7 Å². The molecule has 0 saturated carbocycles. The lowest BCUT2D eigenvalue weighted by Crippen LogP contribution is -2.08. The van der Waals surface area contributed by atoms with Gasteiger partial charge < -0.3 is 19.3 Å². The fourth-order valence-corrected chi connectivity index (χ4v) is 3.43. The number of ether oxygens (including phenoxy) is 3. The number of phenolic OH excluding ortho intramolecular Hbond substituents is 1. The summed E-state index contributed by atoms with van der Waals surface area (Å²) in [5.41, 5.74) is 1.63. The molecule has 1 N–H and O–H groups in total. The van der Waals surface area contributed by atoms with Crippen LogP contribution in [0, 0.1) is 0 Å². The van der Waals surface area contributed by atoms with Crippen LogP contribution in [0.4, 0.5) is 5.69 Å². The SMILES string of the molecule is CCCCCCCCOc1ccc(C(=O)Oc2ccc(C=Nc3ccc(OC)cc3)c(O)c2)cc1. The second kappa shape index (κ2) is 13.8. The molecule has 3 aromatic carbocycles. The van der Waals surface area contributed by atoms with Crippen LogP contribution < -0.4 is 14.2 Å². The van der Waals surface area contributed by atoms with E-state index >= 15 is 0 Å². The third kappa shape index (κ3) is 8.49. The number of hydrogen-bond donors (Lipinski definition) is 1. The molecule has 0 saturated heterocycles. The molecule has 3 rings (SSSR count). The Hall–Kier alpha value is -3.80. The lowest BCUT2D eigenvalue weighted by molar-refractivity contribution is 0.0734. The number of carbonyl (C=O) groups excluding carboxylic acids is 1. The van der Waals surface area contributed by atoms with Crippen LogP contribution in [-0.4, -0.2) is 31.0 Å². The van der Waals surface area contributed by atoms with Gasteiger partial charge in [0.15, 0.2) is 0 Å². The van der Waals surface area contributed by atoms with Crippen LogP contribution in [0.2, 0.25) is 0 Å². The second-order valence-corrected chi connectivity index (χ2v) is 8.21. The number of hydrogen-bond acceptors (Lipinski definition) is 6. The summed E-state index contributed by atoms with van der Waals surface area (Å²) in [5, 5.41) is 10.3. The summed E-state index contributed by atoms with van der Waals surface area (Å²) in [4.78, 5) is 16.8. The van der Waals surface area contributed by atoms with Gasteiger partial charge in [0, 0.05) is 17.8 Å². The van der Waals surface area contributed by atoms with E-state index in [0.29, 0.717) is 17.7 Å². The predicted octanol–water partition coefficient (Wildman–Crippen LogP) is 7.11. The minimum Gasteiger partial charge on any atom is -0.507 e. The highest BCUT2D eigenvalue weighted by Crippen LogP contribution is 2.25. The number of benzene rings is 3. The number of aliphatic imine (C=N–C) groups is 1. The molecule has 0 heterocycles. The van der Waals surface area contributed by atoms with Gasteiger partial charge in [-0.1, -0.05) is 39.0 Å². The van der Waals surface area contributed by atoms with Crippen molar-refractivity contribution >= 4 is 17.9 Å². The van der Waals surface area contributed by atoms with Crippen LogP contribution in [0.25, 0.3) is 0 Å². The van der Waals surface area contributed by atoms with Crippen molar-refractivity contribution in [2.45, 2.75) is 45.4 Å². The molecule has 184 valence electrons. The highest BCUT2D eigenvalue weighted by Gasteiger charge is 2.10. The molecule has 6 nitrogen and oxygen atoms in total. The van der Waals surface area contributed by atoms with E-state index in [-0.39, 0.29) is 11.5 Å². The molecule has 0 fully saturated rings. The number of methoxy groups -OCH3 is 1. The Kier molecular flexibility index (Phi) is 10.2. The molecule has 0 aromatic heterocycles. The second-order valence-electron chi connectivity index (χ2n) is 8.21. The van der Waals surface area contributed by atoms with Crippen molar-refractivity contribution in [3.05, 3.63) is 77.9 Å². The van der Waals surface area contributed by atoms with E-state index in [1.807, 2.05) is 24.3 Å². The van der Waals surface area contributed by atoms with Crippen molar-refractivity contribution in [2.24, 2.45) is 4.99 Å². The van der Waals surface area contributed by atoms with Gasteiger partial charge in [-0.05, 0) is 67.1 Å². The largest absolute Gasteiger partial charge is 0.507 e. The quantitative estimate of drug-likeness (QED) is 0.123. The van der Waals surface area contributed by atoms with E-state index in [1.165, 1.54) is 38.2 Å². The molecule has 6 heteroatoms. The summed E-state index contributed by atoms with van der Waals surface area (Å²) in [7, 11) is 1.60. The number of nitrogens with zero attached hydrogens (tertiary/aromatic N) is 1. The van der Waals surface area contributed by atoms with Gasteiger partial charge in [0.1, 0.15) is 23.0 Å². The monoisotopic (exact) mass is 475 g/mol. The number of unbranched alkanes of at least 4 members (excludes halogenated alkanes) is 5. The van der Waals surface area contributed by atoms with Crippen LogP contribution in [0.3, 0.4) is 0 Å². The summed E-state index contributed by atoms with van der Waals surface area (Å²) in [6.07, 6.45) is 8.81. The van der Waals surface area contributed by atoms with Gasteiger partial charge >= 0.3 is 5.97 Å². The minimum absolute atomic E-state index is 0.0361. The molecular formula is C29H33NO5. The molecule has 0 aliphatic heterocycles. The fraction of sp³-hybridized carbons (Fsp3) is 0.310. The Morgan fingerprint density at radius 1 is 0.857 bits per heavy atom. The average molecular weight is 476 g/mol. The van der Waals surface area contributed by atoms with Gasteiger partial charge in [0.2, 0.25) is 0 Å². The Morgan fingerprint density at radius 3 is 2.20 bits per heavy atom. The lowest BCUT2D eigenvalue weighted by atomic mass is 10.1. The first kappa shape index (κ1) is 25.8. The first-order valence-electron chi connectivity index (χ1n) is 12.0. The van der Waals surface area contributed by atoms with E-state index in [0.717, 1.165) is 23.6 Å². The zero-order chi connectivity index (χ0) is 24.9. The van der Waals surface area contributed by atoms with Crippen LogP contribution in [0.15, 0.2) is 71.7 Å². The van der Waals surface area contributed by atoms with E-state index in [2.05, 4.69) is 11.9 Å². The zero-order valence-corrected chi connectivity index (χ0v) is 20.4. The number of phenols is 1. The van der Waals surface area contributed by atoms with Gasteiger partial charge in [0.25, 0.3) is 0 Å². The Balaban J connectivity index is 1.49. The zero-order valence-electron chi connectivity index (χ0n) is 20.4. The standard InChI is InChI=1S/C29H33NO5/c1-3-4-5-6-7-8-19-34-26-14-9-22(10-15-26)29(32)35-27-16-11-23(28(31)20-27)21-30-24-12-17-25(33-2)18-13-24/h9-18,20-21,31H,3-8,19H2,1-2H3. The van der Waals surface area contributed by atoms with Gasteiger partial charge in [-0.15, -0.1) is 0 Å². The molecule has 0 spiro atoms. The Morgan fingerprint density at radius 2 is 1.51 bits per heavy atom. The molecule has 3 aromatic rings. The van der Waals surface area contributed by atoms with Gasteiger partial charge in [0.05, 0.1) is 25.0 Å². The molecular weight excluding hydrogens is 442 g/mol. The van der Waals surface area contributed by atoms with E-state index in [1.54, 1.807) is 49.7 Å². The van der Waals surface area contributed by atoms with Crippen molar-refractivity contribution in [1.29, 1.82) is 0 Å². The van der Waals surface area contributed by atoms with Gasteiger partial charge in [-0.3, -0.25) is 4.99 Å². The first-order chi connectivity index (χ1) is 17.1. The number of esters is 1. The molecule has 0 aliphatic carbocycles. The molecule has 0 bridgehead atoms. The fourth-order valence-electron chi connectivity index (χ4n) is 3.43. The van der Waals surface area contributed by atoms with Crippen molar-refractivity contribution in [1.82, 2.24) is 0 Å². The summed E-state index contributed by atoms with van der Waals surface area (Å²) < 4.78 is 16.3. The number of aromatic hydroxyl groups is 1. The highest BCUT2D eigenvalue weighted by atomic mass is 16.5. The molecule has 35 heavy (non-hydrogen) atoms. The van der Waals surface area contributed by atoms with Gasteiger partial charge in [-0.2, -0.15) is 0 Å². The normalized spacial score (nSPS) is 10.9. The summed E-state index contributed by atoms with van der Waals surface area (Å²) in [6, 6.07) is 18.8. The summed E-state index contributed by atoms with van der Waals surface area (Å²) in [5.74, 6) is 1.18. The number of rotatable bonds is 13. The molecule has 0 amide bonds. The maximum absolute atomic E-state index is 12.5. The summed E-state index contributed by atoms with van der Waals surface area (Å²) in [6.45, 7) is 2.88. The van der Waals surface area contributed by atoms with Crippen molar-refractivity contribution < 1.29 is 24.1 Å². The van der Waals surface area contributed by atoms with Crippen LogP contribution in [0.5, 0.6) is 23.0 Å². The van der Waals surface area contributed by atoms with E-state index in [4.69, 9.17) is 14.2 Å². The van der Waals surface area contributed by atoms with Crippen LogP contribution in [-0.2, 0) is 0 Å². The maximum Gasteiger partial charge on any atom is 0.343 e. The highest BCUT2D eigenvalue weighted by molar-refractivity contribution is 5.91. The third-order valence-electron chi connectivity index (χ3n) is 5.49. The Bertz CT molecular complexity index is 1090. The van der Waals surface area contributed by atoms with Crippen molar-refractivity contribution in [3.8, 4) is 23.0 Å². The van der Waals surface area contributed by atoms with E-state index < -0.39 is 5.97 Å². The lowest BCUT2D eigenvalue weighted by Gasteiger charge is -2.08. The van der Waals surface area contributed by atoms with Crippen LogP contribution in [0.1, 0.15) is 61.4 Å². The first-order valence-corrected chi connectivity index (χ1v) is 12.0. The maximum atomic E-state index is 12.5. The Labute approximate surface area is 207 Å². The minimum atomic E-state index is -0.508. The van der Waals surface area contributed by atoms with Crippen molar-refractivity contribution in [3.63, 3.8) is 0 Å². The predicted molar refractivity (Wildman–Crippen MR) is 139 cm³/mol. The third-order valence-corrected chi connectivity index (χ3v) is 5.49. The number of carbonyl (C=O) groups is 1. The molecule has 0 atom stereocenters. The molecule has 0 unspecified atom stereocenters. The van der Waals surface area contributed by atoms with E-state index in [9.17, 15) is 9.90 Å². The smallest absolute Gasteiger partial charge is 0.343 e.